The van der Waals surface area contributed by atoms with E-state index in [2.05, 4.69) is 15.5 Å². The Bertz CT molecular complexity index is 6120. The summed E-state index contributed by atoms with van der Waals surface area (Å²) in [6.45, 7) is 2.61. The molecule has 22 nitrogen and oxygen atoms in total. The number of fused-ring (bicyclic) bond motifs is 6. The van der Waals surface area contributed by atoms with Crippen molar-refractivity contribution in [2.45, 2.75) is 132 Å². The van der Waals surface area contributed by atoms with E-state index in [1.165, 1.54) is 30.3 Å². The molecular weight excluding hydrogens is 1620 g/mol. The van der Waals surface area contributed by atoms with Gasteiger partial charge >= 0.3 is 17.9 Å². The fraction of sp³-hybridized carbons (Fsp3) is 0.237. The Hall–Kier alpha value is -12.5. The van der Waals surface area contributed by atoms with Crippen LogP contribution in [-0.2, 0) is 58.5 Å². The summed E-state index contributed by atoms with van der Waals surface area (Å²) in [5.74, 6) is 1.61. The summed E-state index contributed by atoms with van der Waals surface area (Å²) in [5.41, 5.74) is 14.0. The second-order valence-corrected chi connectivity index (χ2v) is 33.3. The molecule has 5 aliphatic carbocycles. The molecule has 8 aliphatic rings. The minimum absolute atomic E-state index is 0.0178. The van der Waals surface area contributed by atoms with Crippen LogP contribution in [0.1, 0.15) is 176 Å². The molecule has 9 aromatic carbocycles. The first kappa shape index (κ1) is 77.4. The Morgan fingerprint density at radius 3 is 1.33 bits per heavy atom. The summed E-state index contributed by atoms with van der Waals surface area (Å²) in [6, 6.07) is 50.7. The van der Waals surface area contributed by atoms with E-state index in [-0.39, 0.29) is 70.7 Å². The van der Waals surface area contributed by atoms with Crippen molar-refractivity contribution in [3.63, 3.8) is 0 Å². The molecule has 3 N–H and O–H groups in total. The fourth-order valence-electron chi connectivity index (χ4n) is 16.8. The predicted molar refractivity (Wildman–Crippen MR) is 447 cm³/mol. The molecule has 7 heterocycles. The molecule has 2 spiro atoms. The van der Waals surface area contributed by atoms with Gasteiger partial charge in [0.15, 0.2) is 0 Å². The highest BCUT2D eigenvalue weighted by molar-refractivity contribution is 6.39. The molecule has 0 saturated heterocycles. The number of nitrogens with zero attached hydrogens (tertiary/aromatic N) is 7. The predicted octanol–water partition coefficient (Wildman–Crippen LogP) is 22.1. The molecule has 3 amide bonds. The Morgan fingerprint density at radius 1 is 0.475 bits per heavy atom. The van der Waals surface area contributed by atoms with Gasteiger partial charge in [0.05, 0.1) is 98.1 Å². The van der Waals surface area contributed by atoms with Gasteiger partial charge in [-0.15, -0.1) is 0 Å². The van der Waals surface area contributed by atoms with Crippen molar-refractivity contribution in [3.05, 3.63) is 281 Å². The number of carbonyl (C=O) groups is 6. The molecule has 21 rings (SSSR count). The highest BCUT2D eigenvalue weighted by atomic mass is 35.5. The van der Waals surface area contributed by atoms with Gasteiger partial charge < -0.3 is 47.7 Å². The number of benzene rings is 9. The van der Waals surface area contributed by atoms with Crippen molar-refractivity contribution >= 4 is 127 Å². The zero-order valence-corrected chi connectivity index (χ0v) is 67.4. The number of carbonyl (C=O) groups excluding carboxylic acids is 3. The van der Waals surface area contributed by atoms with Gasteiger partial charge in [0.25, 0.3) is 0 Å². The van der Waals surface area contributed by atoms with Crippen molar-refractivity contribution in [3.8, 4) is 51.0 Å². The van der Waals surface area contributed by atoms with Crippen molar-refractivity contribution in [1.82, 2.24) is 20.0 Å². The van der Waals surface area contributed by atoms with Crippen LogP contribution in [0.25, 0.3) is 44.7 Å². The Labute approximate surface area is 705 Å². The number of rotatable bonds is 21. The number of amides is 3. The summed E-state index contributed by atoms with van der Waals surface area (Å²) in [5, 5.41) is 43.4. The number of carboxylic acid groups (broad SMARTS) is 3. The van der Waals surface area contributed by atoms with Gasteiger partial charge in [-0.3, -0.25) is 29.1 Å². The number of aryl methyl sites for hydroxylation is 3. The van der Waals surface area contributed by atoms with E-state index in [1.54, 1.807) is 105 Å². The Balaban J connectivity index is 0.000000119. The number of hydrogen-bond donors (Lipinski definition) is 3. The van der Waals surface area contributed by atoms with Crippen LogP contribution in [0, 0.1) is 12.7 Å². The zero-order chi connectivity index (χ0) is 82.9. The van der Waals surface area contributed by atoms with E-state index in [4.69, 9.17) is 74.2 Å². The maximum Gasteiger partial charge on any atom is 0.337 e. The van der Waals surface area contributed by atoms with E-state index in [9.17, 15) is 48.5 Å². The molecule has 0 atom stereocenters. The molecule has 120 heavy (non-hydrogen) atoms. The van der Waals surface area contributed by atoms with Crippen LogP contribution in [-0.4, -0.2) is 71.0 Å². The number of aromatic carboxylic acids is 3. The molecule has 604 valence electrons. The average molecular weight is 1690 g/mol. The molecule has 4 aromatic heterocycles. The van der Waals surface area contributed by atoms with Crippen molar-refractivity contribution in [1.29, 1.82) is 0 Å². The highest BCUT2D eigenvalue weighted by Gasteiger charge is 2.61. The lowest BCUT2D eigenvalue weighted by molar-refractivity contribution is -0.120. The number of ether oxygens (including phenoxy) is 3. The molecule has 0 bridgehead atoms. The molecular formula is C93H72Cl4FN7O15. The summed E-state index contributed by atoms with van der Waals surface area (Å²) in [4.78, 5) is 79.4. The van der Waals surface area contributed by atoms with Gasteiger partial charge in [-0.1, -0.05) is 86.1 Å². The summed E-state index contributed by atoms with van der Waals surface area (Å²) in [6.07, 6.45) is 11.7. The third-order valence-electron chi connectivity index (χ3n) is 23.8. The molecule has 13 aromatic rings. The molecule has 3 aliphatic heterocycles. The number of aromatic nitrogens is 4. The number of carboxylic acids is 3. The number of anilines is 6. The minimum Gasteiger partial charge on any atom is -0.489 e. The van der Waals surface area contributed by atoms with Gasteiger partial charge in [-0.25, -0.2) is 18.8 Å². The van der Waals surface area contributed by atoms with Crippen molar-refractivity contribution in [2.24, 2.45) is 7.05 Å². The third kappa shape index (κ3) is 13.9. The molecule has 0 radical (unpaired) electrons. The van der Waals surface area contributed by atoms with Crippen molar-refractivity contribution < 1.29 is 76.3 Å². The first-order chi connectivity index (χ1) is 58.0. The van der Waals surface area contributed by atoms with E-state index in [0.717, 1.165) is 137 Å². The number of halogens is 5. The maximum atomic E-state index is 14.8. The van der Waals surface area contributed by atoms with Crippen LogP contribution < -0.4 is 28.9 Å². The summed E-state index contributed by atoms with van der Waals surface area (Å²) < 4.78 is 52.6. The average Bonchev–Trinajstić information content (AvgIpc) is 1.54. The standard InChI is InChI=1S/C32H25Cl2N3O5.C31H25ClN2O5.C30H22ClFN2O5/c1-36-15-22(32(39)40)21-10-8-19(14-27(21)36)37-26-11-9-20(13-18(26)7-12-28(37)38)41-16-23-30(35-42-31(23)17-5-6-17)29-24(33)3-2-4-25(29)34;1-17-3-2-4-24(32)26(17)27-22(28(39-33-27)18-5-6-18)16-38-21-11-12-25-23(15-21)31(13-14-31)30(37)34(25)20-9-7-19(8-10-20)29(35)36;31-22-2-1-3-23(32)25(22)26-20(27(39-33-26)16-4-5-16)15-38-19-10-11-24-21(14-19)30(12-13-30)29(37)34(24)18-8-6-17(7-9-18)28(35)36/h2-4,8-11,13-15,17H,5-7,12,16H2,1H3,(H,39,40);2-4,7-12,15,18H,5-6,13-14,16H2,1H3,(H,35,36);1-3,6-11,14,16H,4-5,12-13,15H2,(H,35,36). The highest BCUT2D eigenvalue weighted by Crippen LogP contribution is 2.62. The first-order valence-corrected chi connectivity index (χ1v) is 41.0. The van der Waals surface area contributed by atoms with Gasteiger partial charge in [0, 0.05) is 65.3 Å². The SMILES string of the molecule is Cc1cccc(Cl)c1-c1noc(C2CC2)c1COc1ccc2c(c1)C1(CC1)C(=O)N2c1ccc(C(=O)O)cc1.Cn1cc(C(=O)O)c2ccc(N3C(=O)CCc4cc(OCc5c(-c6c(Cl)cccc6Cl)noc5C5CC5)ccc43)cc21.O=C(O)c1ccc(N2C(=O)C3(CC3)c3cc(OCc4c(-c5c(F)cccc5Cl)noc4C4CC4)ccc32)cc1. The zero-order valence-electron chi connectivity index (χ0n) is 64.4. The smallest absolute Gasteiger partial charge is 0.337 e. The molecule has 5 fully saturated rings. The van der Waals surface area contributed by atoms with Crippen LogP contribution in [0.4, 0.5) is 38.5 Å². The van der Waals surface area contributed by atoms with Crippen LogP contribution in [0.5, 0.6) is 17.2 Å². The second-order valence-electron chi connectivity index (χ2n) is 31.6. The van der Waals surface area contributed by atoms with Crippen molar-refractivity contribution in [2.75, 3.05) is 14.7 Å². The number of hydrogen-bond acceptors (Lipinski definition) is 15. The largest absolute Gasteiger partial charge is 0.489 e. The molecule has 5 saturated carbocycles. The first-order valence-electron chi connectivity index (χ1n) is 39.5. The quantitative estimate of drug-likeness (QED) is 0.0602. The summed E-state index contributed by atoms with van der Waals surface area (Å²) >= 11 is 25.9. The van der Waals surface area contributed by atoms with E-state index >= 15 is 0 Å². The fourth-order valence-corrected chi connectivity index (χ4v) is 18.0. The van der Waals surface area contributed by atoms with E-state index in [1.807, 2.05) is 79.7 Å². The Kier molecular flexibility index (Phi) is 19.6. The van der Waals surface area contributed by atoms with Crippen LogP contribution >= 0.6 is 46.4 Å². The minimum atomic E-state index is -1.02. The maximum absolute atomic E-state index is 14.8. The van der Waals surface area contributed by atoms with Gasteiger partial charge in [0.1, 0.15) is 77.2 Å². The van der Waals surface area contributed by atoms with Gasteiger partial charge in [-0.2, -0.15) is 0 Å². The Morgan fingerprint density at radius 2 is 0.892 bits per heavy atom. The van der Waals surface area contributed by atoms with Gasteiger partial charge in [-0.05, 0) is 251 Å². The topological polar surface area (TPSA) is 284 Å². The molecule has 27 heteroatoms. The second kappa shape index (κ2) is 30.4. The lowest BCUT2D eigenvalue weighted by Crippen LogP contribution is -2.30. The monoisotopic (exact) mass is 1690 g/mol. The summed E-state index contributed by atoms with van der Waals surface area (Å²) in [7, 11) is 1.80. The van der Waals surface area contributed by atoms with Gasteiger partial charge in [0.2, 0.25) is 17.7 Å². The third-order valence-corrected chi connectivity index (χ3v) is 25.1. The lowest BCUT2D eigenvalue weighted by atomic mass is 9.97. The van der Waals surface area contributed by atoms with Crippen LogP contribution in [0.3, 0.4) is 0 Å². The lowest BCUT2D eigenvalue weighted by Gasteiger charge is -2.30. The normalized spacial score (nSPS) is 16.2. The van der Waals surface area contributed by atoms with Crippen LogP contribution in [0.15, 0.2) is 196 Å². The van der Waals surface area contributed by atoms with E-state index < -0.39 is 34.6 Å². The van der Waals surface area contributed by atoms with E-state index in [0.29, 0.717) is 113 Å². The van der Waals surface area contributed by atoms with Crippen LogP contribution in [0.2, 0.25) is 20.1 Å². The molecule has 0 unspecified atom stereocenters.